The maximum absolute atomic E-state index is 13.3. The van der Waals surface area contributed by atoms with E-state index in [1.165, 1.54) is 30.0 Å². The molecule has 0 saturated heterocycles. The number of thioether (sulfide) groups is 1. The highest BCUT2D eigenvalue weighted by Crippen LogP contribution is 2.23. The van der Waals surface area contributed by atoms with Crippen LogP contribution in [0.4, 0.5) is 15.8 Å². The number of rotatable bonds is 9. The minimum Gasteiger partial charge on any atom is -0.325 e. The largest absolute Gasteiger partial charge is 0.325 e. The van der Waals surface area contributed by atoms with Crippen LogP contribution in [0.25, 0.3) is 6.08 Å². The molecule has 202 valence electrons. The number of halogens is 2. The van der Waals surface area contributed by atoms with Gasteiger partial charge in [0.1, 0.15) is 11.5 Å². The summed E-state index contributed by atoms with van der Waals surface area (Å²) >= 11 is 7.05. The number of amides is 3. The first kappa shape index (κ1) is 28.6. The maximum atomic E-state index is 13.3. The van der Waals surface area contributed by atoms with E-state index in [9.17, 15) is 18.8 Å². The molecule has 40 heavy (non-hydrogen) atoms. The minimum absolute atomic E-state index is 0.0698. The molecule has 0 heterocycles. The van der Waals surface area contributed by atoms with E-state index < -0.39 is 17.6 Å². The predicted molar refractivity (Wildman–Crippen MR) is 159 cm³/mol. The summed E-state index contributed by atoms with van der Waals surface area (Å²) in [6.07, 6.45) is 1.64. The number of nitrogens with one attached hydrogen (secondary N) is 3. The highest BCUT2D eigenvalue weighted by atomic mass is 35.5. The number of aryl methyl sites for hydroxylation is 1. The first-order chi connectivity index (χ1) is 19.3. The monoisotopic (exact) mass is 573 g/mol. The summed E-state index contributed by atoms with van der Waals surface area (Å²) in [6.45, 7) is 1.92. The van der Waals surface area contributed by atoms with Crippen LogP contribution < -0.4 is 16.0 Å². The van der Waals surface area contributed by atoms with Crippen molar-refractivity contribution in [1.29, 1.82) is 0 Å². The lowest BCUT2D eigenvalue weighted by atomic mass is 10.1. The average Bonchev–Trinajstić information content (AvgIpc) is 2.96. The molecule has 0 spiro atoms. The third kappa shape index (κ3) is 8.05. The third-order valence-corrected chi connectivity index (χ3v) is 7.00. The smallest absolute Gasteiger partial charge is 0.272 e. The van der Waals surface area contributed by atoms with Crippen LogP contribution in [0.1, 0.15) is 21.5 Å². The lowest BCUT2D eigenvalue weighted by molar-refractivity contribution is -0.114. The number of carbonyl (C=O) groups is 3. The molecule has 0 radical (unpaired) electrons. The number of anilines is 2. The average molecular weight is 574 g/mol. The number of benzene rings is 4. The van der Waals surface area contributed by atoms with Crippen molar-refractivity contribution >= 4 is 58.5 Å². The summed E-state index contributed by atoms with van der Waals surface area (Å²) < 4.78 is 13.3. The SMILES string of the molecule is Cc1ccccc1/C=C(\NC(=O)c1ccccc1)C(=O)Nc1ccc(SCC(=O)Nc2ccc(F)c(Cl)c2)cc1. The summed E-state index contributed by atoms with van der Waals surface area (Å²) in [5, 5.41) is 8.15. The van der Waals surface area contributed by atoms with Gasteiger partial charge in [0, 0.05) is 21.8 Å². The highest BCUT2D eigenvalue weighted by Gasteiger charge is 2.16. The van der Waals surface area contributed by atoms with Gasteiger partial charge in [0.05, 0.1) is 10.8 Å². The molecular formula is C31H25ClFN3O3S. The van der Waals surface area contributed by atoms with Gasteiger partial charge < -0.3 is 16.0 Å². The first-order valence-electron chi connectivity index (χ1n) is 12.2. The zero-order valence-electron chi connectivity index (χ0n) is 21.4. The molecular weight excluding hydrogens is 549 g/mol. The fraction of sp³-hybridized carbons (Fsp3) is 0.0645. The first-order valence-corrected chi connectivity index (χ1v) is 13.6. The van der Waals surface area contributed by atoms with Crippen LogP contribution in [0.3, 0.4) is 0 Å². The van der Waals surface area contributed by atoms with Crippen LogP contribution in [0.15, 0.2) is 108 Å². The van der Waals surface area contributed by atoms with Gasteiger partial charge in [-0.3, -0.25) is 14.4 Å². The van der Waals surface area contributed by atoms with Gasteiger partial charge >= 0.3 is 0 Å². The van der Waals surface area contributed by atoms with Crippen molar-refractivity contribution in [1.82, 2.24) is 5.32 Å². The molecule has 0 aromatic heterocycles. The fourth-order valence-electron chi connectivity index (χ4n) is 3.60. The maximum Gasteiger partial charge on any atom is 0.272 e. The molecule has 0 fully saturated rings. The van der Waals surface area contributed by atoms with Crippen LogP contribution >= 0.6 is 23.4 Å². The lowest BCUT2D eigenvalue weighted by Gasteiger charge is -2.12. The van der Waals surface area contributed by atoms with Crippen LogP contribution in [-0.2, 0) is 9.59 Å². The molecule has 0 atom stereocenters. The van der Waals surface area contributed by atoms with Crippen molar-refractivity contribution in [3.8, 4) is 0 Å². The zero-order valence-corrected chi connectivity index (χ0v) is 23.0. The van der Waals surface area contributed by atoms with Gasteiger partial charge in [-0.1, -0.05) is 54.1 Å². The van der Waals surface area contributed by atoms with E-state index in [2.05, 4.69) is 16.0 Å². The molecule has 9 heteroatoms. The van der Waals surface area contributed by atoms with Crippen LogP contribution in [0.5, 0.6) is 0 Å². The van der Waals surface area contributed by atoms with Crippen LogP contribution in [0, 0.1) is 12.7 Å². The van der Waals surface area contributed by atoms with Crippen molar-refractivity contribution in [2.75, 3.05) is 16.4 Å². The molecule has 4 aromatic rings. The Morgan fingerprint density at radius 2 is 1.52 bits per heavy atom. The second-order valence-corrected chi connectivity index (χ2v) is 10.1. The Morgan fingerprint density at radius 3 is 2.23 bits per heavy atom. The minimum atomic E-state index is -0.558. The van der Waals surface area contributed by atoms with Gasteiger partial charge in [0.15, 0.2) is 0 Å². The molecule has 6 nitrogen and oxygen atoms in total. The Balaban J connectivity index is 1.40. The lowest BCUT2D eigenvalue weighted by Crippen LogP contribution is -2.30. The van der Waals surface area contributed by atoms with E-state index in [0.717, 1.165) is 16.0 Å². The third-order valence-electron chi connectivity index (χ3n) is 5.70. The molecule has 3 amide bonds. The summed E-state index contributed by atoms with van der Waals surface area (Å²) in [4.78, 5) is 39.1. The Hall–Kier alpha value is -4.40. The molecule has 0 aliphatic carbocycles. The second kappa shape index (κ2) is 13.6. The van der Waals surface area contributed by atoms with Gasteiger partial charge in [0.2, 0.25) is 5.91 Å². The van der Waals surface area contributed by atoms with Gasteiger partial charge in [-0.05, 0) is 78.7 Å². The van der Waals surface area contributed by atoms with Crippen LogP contribution in [-0.4, -0.2) is 23.5 Å². The summed E-state index contributed by atoms with van der Waals surface area (Å²) in [5.74, 6) is -1.59. The van der Waals surface area contributed by atoms with Crippen molar-refractivity contribution in [2.45, 2.75) is 11.8 Å². The highest BCUT2D eigenvalue weighted by molar-refractivity contribution is 8.00. The quantitative estimate of drug-likeness (QED) is 0.150. The Kier molecular flexibility index (Phi) is 9.72. The molecule has 0 saturated carbocycles. The summed E-state index contributed by atoms with van der Waals surface area (Å²) in [5.41, 5.74) is 3.20. The Labute approximate surface area is 240 Å². The number of hydrogen-bond acceptors (Lipinski definition) is 4. The summed E-state index contributed by atoms with van der Waals surface area (Å²) in [6, 6.07) is 27.1. The molecule has 0 aliphatic rings. The van der Waals surface area contributed by atoms with E-state index in [-0.39, 0.29) is 22.4 Å². The Bertz CT molecular complexity index is 1560. The Morgan fingerprint density at radius 1 is 0.850 bits per heavy atom. The molecule has 4 rings (SSSR count). The standard InChI is InChI=1S/C31H25ClFN3O3S/c1-20-7-5-6-10-22(20)17-28(36-30(38)21-8-3-2-4-9-21)31(39)35-23-11-14-25(15-12-23)40-19-29(37)34-24-13-16-27(33)26(32)18-24/h2-18H,19H2,1H3,(H,34,37)(H,35,39)(H,36,38)/b28-17-. The van der Waals surface area contributed by atoms with E-state index >= 15 is 0 Å². The zero-order chi connectivity index (χ0) is 28.5. The van der Waals surface area contributed by atoms with Gasteiger partial charge in [-0.15, -0.1) is 11.8 Å². The predicted octanol–water partition coefficient (Wildman–Crippen LogP) is 6.93. The number of hydrogen-bond donors (Lipinski definition) is 3. The van der Waals surface area contributed by atoms with Crippen molar-refractivity contribution in [3.63, 3.8) is 0 Å². The molecule has 0 aliphatic heterocycles. The van der Waals surface area contributed by atoms with E-state index in [1.54, 1.807) is 54.6 Å². The van der Waals surface area contributed by atoms with Crippen molar-refractivity contribution in [3.05, 3.63) is 130 Å². The van der Waals surface area contributed by atoms with Crippen LogP contribution in [0.2, 0.25) is 5.02 Å². The second-order valence-electron chi connectivity index (χ2n) is 8.68. The molecule has 0 bridgehead atoms. The van der Waals surface area contributed by atoms with Gasteiger partial charge in [-0.2, -0.15) is 0 Å². The number of carbonyl (C=O) groups excluding carboxylic acids is 3. The fourth-order valence-corrected chi connectivity index (χ4v) is 4.48. The normalized spacial score (nSPS) is 11.0. The molecule has 4 aromatic carbocycles. The summed E-state index contributed by atoms with van der Waals surface area (Å²) in [7, 11) is 0. The topological polar surface area (TPSA) is 87.3 Å². The molecule has 0 unspecified atom stereocenters. The molecule has 3 N–H and O–H groups in total. The van der Waals surface area contributed by atoms with Crippen molar-refractivity contribution < 1.29 is 18.8 Å². The van der Waals surface area contributed by atoms with E-state index in [4.69, 9.17) is 11.6 Å². The van der Waals surface area contributed by atoms with Crippen molar-refractivity contribution in [2.24, 2.45) is 0 Å². The van der Waals surface area contributed by atoms with Gasteiger partial charge in [0.25, 0.3) is 11.8 Å². The van der Waals surface area contributed by atoms with Gasteiger partial charge in [-0.25, -0.2) is 4.39 Å². The van der Waals surface area contributed by atoms with E-state index in [1.807, 2.05) is 37.3 Å². The van der Waals surface area contributed by atoms with E-state index in [0.29, 0.717) is 16.9 Å².